The lowest BCUT2D eigenvalue weighted by atomic mass is 10.1. The molecule has 0 aliphatic heterocycles. The maximum Gasteiger partial charge on any atom is 0.204 e. The zero-order valence-electron chi connectivity index (χ0n) is 14.1. The Morgan fingerprint density at radius 2 is 2.00 bits per heavy atom. The van der Waals surface area contributed by atoms with E-state index >= 15 is 0 Å². The number of aromatic nitrogens is 5. The minimum atomic E-state index is -0.0387. The van der Waals surface area contributed by atoms with Gasteiger partial charge in [-0.05, 0) is 49.4 Å². The Labute approximate surface area is 154 Å². The van der Waals surface area contributed by atoms with Crippen molar-refractivity contribution in [3.63, 3.8) is 0 Å². The molecule has 0 fully saturated rings. The van der Waals surface area contributed by atoms with E-state index in [4.69, 9.17) is 0 Å². The topological polar surface area (TPSA) is 65.6 Å². The van der Waals surface area contributed by atoms with Crippen LogP contribution in [0.2, 0.25) is 0 Å². The molecule has 0 bridgehead atoms. The van der Waals surface area contributed by atoms with E-state index in [1.54, 1.807) is 0 Å². The van der Waals surface area contributed by atoms with E-state index in [2.05, 4.69) is 42.5 Å². The smallest absolute Gasteiger partial charge is 0.204 e. The van der Waals surface area contributed by atoms with Crippen LogP contribution in [0.25, 0.3) is 11.4 Å². The second-order valence-electron chi connectivity index (χ2n) is 5.76. The molecule has 0 saturated carbocycles. The Hall–Kier alpha value is -2.54. The van der Waals surface area contributed by atoms with Crippen LogP contribution in [0.15, 0.2) is 47.5 Å². The van der Waals surface area contributed by atoms with Crippen molar-refractivity contribution in [3.05, 3.63) is 64.4 Å². The number of tetrazole rings is 1. The maximum absolute atomic E-state index is 12.6. The van der Waals surface area contributed by atoms with Crippen LogP contribution in [0.5, 0.6) is 0 Å². The van der Waals surface area contributed by atoms with Crippen molar-refractivity contribution in [1.82, 2.24) is 24.8 Å². The minimum Gasteiger partial charge on any atom is -0.345 e. The fourth-order valence-corrected chi connectivity index (χ4v) is 3.00. The van der Waals surface area contributed by atoms with E-state index in [0.29, 0.717) is 17.9 Å². The van der Waals surface area contributed by atoms with Crippen molar-refractivity contribution in [2.24, 2.45) is 0 Å². The molecule has 0 radical (unpaired) electrons. The summed E-state index contributed by atoms with van der Waals surface area (Å²) >= 11 is 3.39. The van der Waals surface area contributed by atoms with Crippen LogP contribution in [-0.2, 0) is 13.1 Å². The molecular formula is C18H18BrN5O. The molecule has 25 heavy (non-hydrogen) atoms. The molecule has 0 unspecified atom stereocenters. The van der Waals surface area contributed by atoms with Gasteiger partial charge in [0.2, 0.25) is 5.82 Å². The SMILES string of the molecule is C=CCn1c(C)cc(C(=O)Cn2nnc(-c3ccc(Br)cc3)n2)c1C. The number of rotatable bonds is 6. The van der Waals surface area contributed by atoms with Crippen LogP contribution in [0, 0.1) is 13.8 Å². The summed E-state index contributed by atoms with van der Waals surface area (Å²) in [5, 5.41) is 12.3. The Kier molecular flexibility index (Phi) is 4.94. The Morgan fingerprint density at radius 1 is 1.28 bits per heavy atom. The highest BCUT2D eigenvalue weighted by Gasteiger charge is 2.17. The van der Waals surface area contributed by atoms with Crippen molar-refractivity contribution in [1.29, 1.82) is 0 Å². The first kappa shape index (κ1) is 17.3. The van der Waals surface area contributed by atoms with Crippen LogP contribution in [0.4, 0.5) is 0 Å². The molecule has 3 rings (SSSR count). The zero-order valence-corrected chi connectivity index (χ0v) is 15.7. The number of nitrogens with zero attached hydrogens (tertiary/aromatic N) is 5. The lowest BCUT2D eigenvalue weighted by Crippen LogP contribution is -2.14. The summed E-state index contributed by atoms with van der Waals surface area (Å²) < 4.78 is 3.04. The van der Waals surface area contributed by atoms with Gasteiger partial charge in [0.15, 0.2) is 5.78 Å². The van der Waals surface area contributed by atoms with E-state index in [-0.39, 0.29) is 12.3 Å². The molecule has 0 amide bonds. The highest BCUT2D eigenvalue weighted by molar-refractivity contribution is 9.10. The van der Waals surface area contributed by atoms with E-state index in [1.165, 1.54) is 4.80 Å². The number of hydrogen-bond acceptors (Lipinski definition) is 4. The minimum absolute atomic E-state index is 0.0387. The number of benzene rings is 1. The fourth-order valence-electron chi connectivity index (χ4n) is 2.73. The van der Waals surface area contributed by atoms with E-state index in [0.717, 1.165) is 21.4 Å². The van der Waals surface area contributed by atoms with Crippen LogP contribution in [0.1, 0.15) is 21.7 Å². The van der Waals surface area contributed by atoms with Gasteiger partial charge in [-0.1, -0.05) is 22.0 Å². The normalized spacial score (nSPS) is 10.8. The third-order valence-electron chi connectivity index (χ3n) is 4.03. The van der Waals surface area contributed by atoms with Gasteiger partial charge in [-0.15, -0.1) is 16.8 Å². The number of carbonyl (C=O) groups excluding carboxylic acids is 1. The Balaban J connectivity index is 1.79. The Bertz CT molecular complexity index is 924. The second-order valence-corrected chi connectivity index (χ2v) is 6.67. The molecule has 6 nitrogen and oxygen atoms in total. The molecule has 2 aromatic heterocycles. The predicted octanol–water partition coefficient (Wildman–Crippen LogP) is 3.59. The van der Waals surface area contributed by atoms with Gasteiger partial charge in [0.05, 0.1) is 0 Å². The molecule has 0 atom stereocenters. The molecule has 0 saturated heterocycles. The molecule has 7 heteroatoms. The van der Waals surface area contributed by atoms with Crippen molar-refractivity contribution in [3.8, 4) is 11.4 Å². The molecule has 1 aromatic carbocycles. The van der Waals surface area contributed by atoms with Gasteiger partial charge in [-0.3, -0.25) is 4.79 Å². The predicted molar refractivity (Wildman–Crippen MR) is 99.4 cm³/mol. The monoisotopic (exact) mass is 399 g/mol. The molecule has 0 aliphatic rings. The quantitative estimate of drug-likeness (QED) is 0.469. The number of hydrogen-bond donors (Lipinski definition) is 0. The molecule has 128 valence electrons. The summed E-state index contributed by atoms with van der Waals surface area (Å²) in [5.74, 6) is 0.459. The summed E-state index contributed by atoms with van der Waals surface area (Å²) in [7, 11) is 0. The summed E-state index contributed by atoms with van der Waals surface area (Å²) in [4.78, 5) is 14.0. The first-order valence-corrected chi connectivity index (χ1v) is 8.63. The first-order chi connectivity index (χ1) is 12.0. The van der Waals surface area contributed by atoms with Crippen LogP contribution < -0.4 is 0 Å². The van der Waals surface area contributed by atoms with Gasteiger partial charge in [-0.25, -0.2) is 0 Å². The summed E-state index contributed by atoms with van der Waals surface area (Å²) in [6.45, 7) is 8.41. The van der Waals surface area contributed by atoms with Gasteiger partial charge in [0, 0.05) is 33.5 Å². The Morgan fingerprint density at radius 3 is 2.68 bits per heavy atom. The number of carbonyl (C=O) groups is 1. The number of Topliss-reactive ketones (excluding diaryl/α,β-unsaturated/α-hetero) is 1. The highest BCUT2D eigenvalue weighted by Crippen LogP contribution is 2.18. The van der Waals surface area contributed by atoms with Gasteiger partial charge in [0.1, 0.15) is 6.54 Å². The van der Waals surface area contributed by atoms with Crippen LogP contribution in [-0.4, -0.2) is 30.6 Å². The fraction of sp³-hybridized carbons (Fsp3) is 0.222. The van der Waals surface area contributed by atoms with E-state index in [1.807, 2.05) is 50.3 Å². The van der Waals surface area contributed by atoms with E-state index < -0.39 is 0 Å². The molecule has 0 N–H and O–H groups in total. The number of halogens is 1. The van der Waals surface area contributed by atoms with Gasteiger partial charge < -0.3 is 4.57 Å². The molecular weight excluding hydrogens is 382 g/mol. The maximum atomic E-state index is 12.6. The van der Waals surface area contributed by atoms with Crippen LogP contribution >= 0.6 is 15.9 Å². The third-order valence-corrected chi connectivity index (χ3v) is 4.55. The number of ketones is 1. The number of aryl methyl sites for hydroxylation is 1. The van der Waals surface area contributed by atoms with Gasteiger partial charge in [-0.2, -0.15) is 4.80 Å². The largest absolute Gasteiger partial charge is 0.345 e. The van der Waals surface area contributed by atoms with Crippen molar-refractivity contribution < 1.29 is 4.79 Å². The summed E-state index contributed by atoms with van der Waals surface area (Å²) in [5.41, 5.74) is 3.49. The van der Waals surface area contributed by atoms with Crippen molar-refractivity contribution in [2.75, 3.05) is 0 Å². The molecule has 0 spiro atoms. The second kappa shape index (κ2) is 7.14. The average Bonchev–Trinajstić information content (AvgIpc) is 3.15. The number of allylic oxidation sites excluding steroid dienone is 1. The zero-order chi connectivity index (χ0) is 18.0. The summed E-state index contributed by atoms with van der Waals surface area (Å²) in [6, 6.07) is 9.52. The molecule has 3 aromatic rings. The average molecular weight is 400 g/mol. The molecule has 2 heterocycles. The molecule has 0 aliphatic carbocycles. The highest BCUT2D eigenvalue weighted by atomic mass is 79.9. The first-order valence-electron chi connectivity index (χ1n) is 7.84. The third kappa shape index (κ3) is 3.61. The van der Waals surface area contributed by atoms with E-state index in [9.17, 15) is 4.79 Å². The van der Waals surface area contributed by atoms with Crippen LogP contribution in [0.3, 0.4) is 0 Å². The van der Waals surface area contributed by atoms with Gasteiger partial charge >= 0.3 is 0 Å². The standard InChI is InChI=1S/C18H18BrN5O/c1-4-9-23-12(2)10-16(13(23)3)17(25)11-24-21-18(20-22-24)14-5-7-15(19)8-6-14/h4-8,10H,1,9,11H2,2-3H3. The van der Waals surface area contributed by atoms with Crippen molar-refractivity contribution >= 4 is 21.7 Å². The van der Waals surface area contributed by atoms with Crippen molar-refractivity contribution in [2.45, 2.75) is 26.9 Å². The lowest BCUT2D eigenvalue weighted by molar-refractivity contribution is 0.0960. The van der Waals surface area contributed by atoms with Gasteiger partial charge in [0.25, 0.3) is 0 Å². The summed E-state index contributed by atoms with van der Waals surface area (Å²) in [6.07, 6.45) is 1.82. The lowest BCUT2D eigenvalue weighted by Gasteiger charge is -2.06.